The Morgan fingerprint density at radius 2 is 1.54 bits per heavy atom. The number of carbonyl (C=O) groups is 3. The highest BCUT2D eigenvalue weighted by Gasteiger charge is 2.47. The van der Waals surface area contributed by atoms with Gasteiger partial charge in [-0.05, 0) is 42.9 Å². The fourth-order valence-corrected chi connectivity index (χ4v) is 7.15. The molecule has 50 heavy (non-hydrogen) atoms. The van der Waals surface area contributed by atoms with Crippen molar-refractivity contribution < 1.29 is 46.9 Å². The first-order valence-corrected chi connectivity index (χ1v) is 19.2. The molecule has 0 unspecified atom stereocenters. The summed E-state index contributed by atoms with van der Waals surface area (Å²) in [4.78, 5) is 38.7. The fourth-order valence-electron chi connectivity index (χ4n) is 5.66. The van der Waals surface area contributed by atoms with Crippen LogP contribution in [0, 0.1) is 11.7 Å². The van der Waals surface area contributed by atoms with E-state index in [2.05, 4.69) is 12.2 Å². The van der Waals surface area contributed by atoms with E-state index in [0.717, 1.165) is 39.2 Å². The smallest absolute Gasteiger partial charge is 0.336 e. The average Bonchev–Trinajstić information content (AvgIpc) is 3.09. The van der Waals surface area contributed by atoms with Crippen molar-refractivity contribution in [2.45, 2.75) is 95.6 Å². The number of aliphatic carboxylic acids is 1. The van der Waals surface area contributed by atoms with E-state index in [1.54, 1.807) is 48.5 Å². The molecule has 3 atom stereocenters. The lowest BCUT2D eigenvalue weighted by molar-refractivity contribution is -0.169. The van der Waals surface area contributed by atoms with Gasteiger partial charge in [0.2, 0.25) is 5.91 Å². The Bertz CT molecular complexity index is 1480. The number of esters is 1. The summed E-state index contributed by atoms with van der Waals surface area (Å²) in [6.07, 6.45) is 10.6. The minimum absolute atomic E-state index is 0.00938. The van der Waals surface area contributed by atoms with Crippen LogP contribution in [0.25, 0.3) is 11.1 Å². The number of nitrogens with one attached hydrogen (secondary N) is 1. The topological polar surface area (TPSA) is 156 Å². The van der Waals surface area contributed by atoms with Gasteiger partial charge in [-0.2, -0.15) is 0 Å². The normalized spacial score (nSPS) is 14.2. The van der Waals surface area contributed by atoms with Crippen LogP contribution in [0.1, 0.15) is 83.1 Å². The molecule has 0 aromatic heterocycles. The maximum atomic E-state index is 14.3. The highest BCUT2D eigenvalue weighted by Crippen LogP contribution is 2.26. The second-order valence-corrected chi connectivity index (χ2v) is 14.9. The Morgan fingerprint density at radius 3 is 2.12 bits per heavy atom. The van der Waals surface area contributed by atoms with Gasteiger partial charge in [0.15, 0.2) is 5.60 Å². The summed E-state index contributed by atoms with van der Waals surface area (Å²) in [7, 11) is -0.564. The molecular formula is C38H54FNO9S. The van der Waals surface area contributed by atoms with Gasteiger partial charge >= 0.3 is 11.9 Å². The standard InChI is InChI=1S/C38H54FNO9S/c1-4-5-6-10-15-26-50(46,47)27-16-11-8-7-9-12-18-32(38(45,37(43)44)24-25-48-2)35(41)40-34(36(42)49-3)28-29-20-22-30(23-21-29)31-17-13-14-19-33(31)39/h12-14,17-23,32,34,45H,4-11,15-16,24-28H2,1-3H3,(H,40,41)(H,43,44)/b18-12+/t32-,34+,38+/m1/s1. The summed E-state index contributed by atoms with van der Waals surface area (Å²) in [5.74, 6) is -4.86. The van der Waals surface area contributed by atoms with Crippen LogP contribution >= 0.6 is 0 Å². The number of rotatable bonds is 25. The molecule has 0 aliphatic heterocycles. The van der Waals surface area contributed by atoms with Crippen molar-refractivity contribution in [3.63, 3.8) is 0 Å². The lowest BCUT2D eigenvalue weighted by Gasteiger charge is -2.30. The van der Waals surface area contributed by atoms with Crippen LogP contribution in [0.15, 0.2) is 60.7 Å². The van der Waals surface area contributed by atoms with Gasteiger partial charge in [0.05, 0.1) is 24.5 Å². The number of unbranched alkanes of at least 4 members (excludes halogenated alkanes) is 8. The molecule has 2 rings (SSSR count). The molecule has 2 aromatic rings. The van der Waals surface area contributed by atoms with Gasteiger partial charge in [-0.1, -0.05) is 100 Å². The van der Waals surface area contributed by atoms with Crippen LogP contribution in [0.2, 0.25) is 0 Å². The predicted molar refractivity (Wildman–Crippen MR) is 192 cm³/mol. The summed E-state index contributed by atoms with van der Waals surface area (Å²) in [5.41, 5.74) is -0.880. The van der Waals surface area contributed by atoms with E-state index in [9.17, 15) is 37.4 Å². The number of carboxylic acids is 1. The Hall–Kier alpha value is -3.61. The highest BCUT2D eigenvalue weighted by atomic mass is 32.2. The van der Waals surface area contributed by atoms with Gasteiger partial charge < -0.3 is 25.0 Å². The van der Waals surface area contributed by atoms with Crippen molar-refractivity contribution in [3.05, 3.63) is 72.1 Å². The zero-order valence-electron chi connectivity index (χ0n) is 29.6. The third-order valence-electron chi connectivity index (χ3n) is 8.70. The van der Waals surface area contributed by atoms with E-state index in [1.807, 2.05) is 0 Å². The van der Waals surface area contributed by atoms with Gasteiger partial charge in [-0.3, -0.25) is 4.79 Å². The first-order valence-electron chi connectivity index (χ1n) is 17.4. The Kier molecular flexibility index (Phi) is 18.9. The first kappa shape index (κ1) is 42.6. The summed E-state index contributed by atoms with van der Waals surface area (Å²) in [6.45, 7) is 1.97. The average molecular weight is 720 g/mol. The lowest BCUT2D eigenvalue weighted by atomic mass is 9.83. The van der Waals surface area contributed by atoms with Crippen molar-refractivity contribution in [2.75, 3.05) is 32.3 Å². The molecule has 0 bridgehead atoms. The van der Waals surface area contributed by atoms with Gasteiger partial charge in [0.25, 0.3) is 0 Å². The summed E-state index contributed by atoms with van der Waals surface area (Å²) >= 11 is 0. The van der Waals surface area contributed by atoms with Crippen molar-refractivity contribution >= 4 is 27.7 Å². The first-order chi connectivity index (χ1) is 23.9. The monoisotopic (exact) mass is 719 g/mol. The number of ether oxygens (including phenoxy) is 2. The molecule has 278 valence electrons. The van der Waals surface area contributed by atoms with Gasteiger partial charge in [-0.15, -0.1) is 0 Å². The number of halogens is 1. The van der Waals surface area contributed by atoms with E-state index in [1.165, 1.54) is 19.3 Å². The number of allylic oxidation sites excluding steroid dienone is 1. The molecular weight excluding hydrogens is 665 g/mol. The number of carboxylic acid groups (broad SMARTS) is 1. The largest absolute Gasteiger partial charge is 0.479 e. The lowest BCUT2D eigenvalue weighted by Crippen LogP contribution is -2.55. The van der Waals surface area contributed by atoms with Crippen molar-refractivity contribution in [3.8, 4) is 11.1 Å². The number of benzene rings is 2. The molecule has 0 heterocycles. The van der Waals surface area contributed by atoms with Gasteiger partial charge in [0, 0.05) is 32.1 Å². The maximum Gasteiger partial charge on any atom is 0.336 e. The minimum Gasteiger partial charge on any atom is -0.479 e. The second-order valence-electron chi connectivity index (χ2n) is 12.6. The summed E-state index contributed by atoms with van der Waals surface area (Å²) in [6, 6.07) is 11.9. The minimum atomic E-state index is -3.07. The number of hydrogen-bond acceptors (Lipinski definition) is 8. The van der Waals surface area contributed by atoms with Crippen LogP contribution < -0.4 is 5.32 Å². The molecule has 3 N–H and O–H groups in total. The third-order valence-corrected chi connectivity index (χ3v) is 10.5. The quantitative estimate of drug-likeness (QED) is 0.0631. The number of amides is 1. The van der Waals surface area contributed by atoms with Crippen LogP contribution in [0.4, 0.5) is 4.39 Å². The Morgan fingerprint density at radius 1 is 0.920 bits per heavy atom. The number of sulfone groups is 1. The number of aliphatic hydroxyl groups is 1. The molecule has 2 aromatic carbocycles. The molecule has 0 radical (unpaired) electrons. The van der Waals surface area contributed by atoms with E-state index >= 15 is 0 Å². The molecule has 10 nitrogen and oxygen atoms in total. The Balaban J connectivity index is 2.08. The third kappa shape index (κ3) is 14.3. The number of methoxy groups -OCH3 is 2. The number of carbonyl (C=O) groups excluding carboxylic acids is 2. The molecule has 0 aliphatic carbocycles. The van der Waals surface area contributed by atoms with E-state index in [4.69, 9.17) is 9.47 Å². The van der Waals surface area contributed by atoms with Gasteiger partial charge in [-0.25, -0.2) is 22.4 Å². The zero-order chi connectivity index (χ0) is 37.0. The van der Waals surface area contributed by atoms with Crippen LogP contribution in [-0.2, 0) is 40.1 Å². The molecule has 0 saturated heterocycles. The molecule has 12 heteroatoms. The summed E-state index contributed by atoms with van der Waals surface area (Å²) in [5, 5.41) is 23.9. The van der Waals surface area contributed by atoms with E-state index in [-0.39, 0.29) is 30.4 Å². The van der Waals surface area contributed by atoms with Crippen LogP contribution in [0.3, 0.4) is 0 Å². The van der Waals surface area contributed by atoms with Crippen molar-refractivity contribution in [1.82, 2.24) is 5.32 Å². The van der Waals surface area contributed by atoms with Crippen LogP contribution in [-0.4, -0.2) is 80.5 Å². The van der Waals surface area contributed by atoms with E-state index < -0.39 is 51.7 Å². The maximum absolute atomic E-state index is 14.3. The van der Waals surface area contributed by atoms with E-state index in [0.29, 0.717) is 48.8 Å². The van der Waals surface area contributed by atoms with Gasteiger partial charge in [0.1, 0.15) is 21.7 Å². The molecule has 0 saturated carbocycles. The second kappa shape index (κ2) is 22.3. The molecule has 1 amide bonds. The Labute approximate surface area is 296 Å². The molecule has 0 fully saturated rings. The van der Waals surface area contributed by atoms with Crippen LogP contribution in [0.5, 0.6) is 0 Å². The van der Waals surface area contributed by atoms with Crippen molar-refractivity contribution in [2.24, 2.45) is 5.92 Å². The van der Waals surface area contributed by atoms with Crippen molar-refractivity contribution in [1.29, 1.82) is 0 Å². The molecule has 0 spiro atoms. The number of hydrogen-bond donors (Lipinski definition) is 3. The zero-order valence-corrected chi connectivity index (χ0v) is 30.4. The molecule has 0 aliphatic rings. The highest BCUT2D eigenvalue weighted by molar-refractivity contribution is 7.91. The summed E-state index contributed by atoms with van der Waals surface area (Å²) < 4.78 is 48.8. The fraction of sp³-hybridized carbons (Fsp3) is 0.553. The SMILES string of the molecule is CCCCCCCS(=O)(=O)CCCCCC/C=C/[C@H](C(=O)N[C@@H](Cc1ccc(-c2ccccc2F)cc1)C(=O)OC)[C@@](O)(CCOC)C(=O)O. The predicted octanol–water partition coefficient (Wildman–Crippen LogP) is 6.05.